The SMILES string of the molecule is COCC1(C)CCN(c2ccc(OC)cc2N)CC1. The van der Waals surface area contributed by atoms with Gasteiger partial charge < -0.3 is 20.1 Å². The van der Waals surface area contributed by atoms with Gasteiger partial charge in [0.25, 0.3) is 0 Å². The molecule has 4 heteroatoms. The van der Waals surface area contributed by atoms with Crippen molar-refractivity contribution in [3.05, 3.63) is 18.2 Å². The largest absolute Gasteiger partial charge is 0.497 e. The van der Waals surface area contributed by atoms with Crippen LogP contribution in [0.25, 0.3) is 0 Å². The van der Waals surface area contributed by atoms with Gasteiger partial charge in [-0.3, -0.25) is 0 Å². The molecule has 19 heavy (non-hydrogen) atoms. The summed E-state index contributed by atoms with van der Waals surface area (Å²) in [5.41, 5.74) is 8.30. The second-order valence-corrected chi connectivity index (χ2v) is 5.66. The number of rotatable bonds is 4. The lowest BCUT2D eigenvalue weighted by atomic mass is 9.81. The van der Waals surface area contributed by atoms with Crippen molar-refractivity contribution >= 4 is 11.4 Å². The number of nitrogens with zero attached hydrogens (tertiary/aromatic N) is 1. The van der Waals surface area contributed by atoms with Gasteiger partial charge in [0.05, 0.1) is 25.1 Å². The molecule has 0 radical (unpaired) electrons. The van der Waals surface area contributed by atoms with Gasteiger partial charge in [0.1, 0.15) is 5.75 Å². The third-order valence-corrected chi connectivity index (χ3v) is 4.04. The Morgan fingerprint density at radius 1 is 1.26 bits per heavy atom. The molecular weight excluding hydrogens is 240 g/mol. The molecule has 1 saturated heterocycles. The summed E-state index contributed by atoms with van der Waals surface area (Å²) in [5, 5.41) is 0. The van der Waals surface area contributed by atoms with Crippen LogP contribution >= 0.6 is 0 Å². The molecule has 106 valence electrons. The summed E-state index contributed by atoms with van der Waals surface area (Å²) in [6.45, 7) is 5.18. The van der Waals surface area contributed by atoms with Crippen molar-refractivity contribution in [1.82, 2.24) is 0 Å². The summed E-state index contributed by atoms with van der Waals surface area (Å²) in [6.07, 6.45) is 2.26. The molecule has 0 atom stereocenters. The number of ether oxygens (including phenoxy) is 2. The summed E-state index contributed by atoms with van der Waals surface area (Å²) < 4.78 is 10.5. The number of methoxy groups -OCH3 is 2. The minimum Gasteiger partial charge on any atom is -0.497 e. The summed E-state index contributed by atoms with van der Waals surface area (Å²) in [5.74, 6) is 0.808. The van der Waals surface area contributed by atoms with E-state index in [1.807, 2.05) is 18.2 Å². The second kappa shape index (κ2) is 5.70. The highest BCUT2D eigenvalue weighted by atomic mass is 16.5. The van der Waals surface area contributed by atoms with Crippen LogP contribution in [-0.4, -0.2) is 33.9 Å². The number of nitrogen functional groups attached to an aromatic ring is 1. The van der Waals surface area contributed by atoms with Crippen molar-refractivity contribution in [2.75, 3.05) is 44.5 Å². The van der Waals surface area contributed by atoms with E-state index < -0.39 is 0 Å². The van der Waals surface area contributed by atoms with Crippen molar-refractivity contribution < 1.29 is 9.47 Å². The highest BCUT2D eigenvalue weighted by Gasteiger charge is 2.30. The number of anilines is 2. The van der Waals surface area contributed by atoms with Gasteiger partial charge in [0, 0.05) is 26.3 Å². The zero-order valence-corrected chi connectivity index (χ0v) is 12.1. The van der Waals surface area contributed by atoms with Gasteiger partial charge in [-0.1, -0.05) is 6.92 Å². The Balaban J connectivity index is 2.05. The van der Waals surface area contributed by atoms with Crippen molar-refractivity contribution in [3.8, 4) is 5.75 Å². The Morgan fingerprint density at radius 2 is 1.95 bits per heavy atom. The topological polar surface area (TPSA) is 47.7 Å². The van der Waals surface area contributed by atoms with Crippen LogP contribution in [0.2, 0.25) is 0 Å². The van der Waals surface area contributed by atoms with Crippen LogP contribution in [0.4, 0.5) is 11.4 Å². The molecule has 2 rings (SSSR count). The lowest BCUT2D eigenvalue weighted by molar-refractivity contribution is 0.0731. The number of hydrogen-bond acceptors (Lipinski definition) is 4. The van der Waals surface area contributed by atoms with E-state index in [9.17, 15) is 0 Å². The van der Waals surface area contributed by atoms with Gasteiger partial charge in [-0.05, 0) is 30.4 Å². The minimum atomic E-state index is 0.298. The maximum atomic E-state index is 6.11. The van der Waals surface area contributed by atoms with Crippen LogP contribution in [0.1, 0.15) is 19.8 Å². The zero-order chi connectivity index (χ0) is 13.9. The molecule has 1 aliphatic heterocycles. The maximum Gasteiger partial charge on any atom is 0.121 e. The Labute approximate surface area is 115 Å². The standard InChI is InChI=1S/C15H24N2O2/c1-15(11-18-2)6-8-17(9-7-15)14-5-4-12(19-3)10-13(14)16/h4-5,10H,6-9,11,16H2,1-3H3. The molecule has 1 heterocycles. The van der Waals surface area contributed by atoms with E-state index in [0.29, 0.717) is 5.41 Å². The third-order valence-electron chi connectivity index (χ3n) is 4.04. The second-order valence-electron chi connectivity index (χ2n) is 5.66. The average Bonchev–Trinajstić information content (AvgIpc) is 2.40. The monoisotopic (exact) mass is 264 g/mol. The molecule has 0 saturated carbocycles. The van der Waals surface area contributed by atoms with Crippen molar-refractivity contribution in [2.24, 2.45) is 5.41 Å². The van der Waals surface area contributed by atoms with E-state index in [2.05, 4.69) is 11.8 Å². The molecule has 0 spiro atoms. The molecule has 0 amide bonds. The molecule has 0 aromatic heterocycles. The fourth-order valence-corrected chi connectivity index (χ4v) is 2.73. The Morgan fingerprint density at radius 3 is 2.47 bits per heavy atom. The minimum absolute atomic E-state index is 0.298. The van der Waals surface area contributed by atoms with Crippen LogP contribution < -0.4 is 15.4 Å². The Bertz CT molecular complexity index is 426. The van der Waals surface area contributed by atoms with Crippen molar-refractivity contribution in [3.63, 3.8) is 0 Å². The number of nitrogens with two attached hydrogens (primary N) is 1. The van der Waals surface area contributed by atoms with E-state index in [-0.39, 0.29) is 0 Å². The van der Waals surface area contributed by atoms with Crippen LogP contribution in [0.15, 0.2) is 18.2 Å². The van der Waals surface area contributed by atoms with Crippen molar-refractivity contribution in [2.45, 2.75) is 19.8 Å². The summed E-state index contributed by atoms with van der Waals surface area (Å²) in [6, 6.07) is 5.90. The van der Waals surface area contributed by atoms with Crippen LogP contribution in [-0.2, 0) is 4.74 Å². The molecule has 1 aromatic rings. The van der Waals surface area contributed by atoms with Crippen molar-refractivity contribution in [1.29, 1.82) is 0 Å². The fourth-order valence-electron chi connectivity index (χ4n) is 2.73. The predicted molar refractivity (Wildman–Crippen MR) is 78.8 cm³/mol. The fraction of sp³-hybridized carbons (Fsp3) is 0.600. The normalized spacial score (nSPS) is 18.4. The molecule has 2 N–H and O–H groups in total. The highest BCUT2D eigenvalue weighted by Crippen LogP contribution is 2.35. The van der Waals surface area contributed by atoms with Crippen LogP contribution in [0.5, 0.6) is 5.75 Å². The first-order chi connectivity index (χ1) is 9.08. The molecule has 4 nitrogen and oxygen atoms in total. The van der Waals surface area contributed by atoms with Gasteiger partial charge in [-0.2, -0.15) is 0 Å². The highest BCUT2D eigenvalue weighted by molar-refractivity contribution is 5.69. The molecule has 1 aromatic carbocycles. The predicted octanol–water partition coefficient (Wildman–Crippen LogP) is 2.53. The van der Waals surface area contributed by atoms with E-state index in [4.69, 9.17) is 15.2 Å². The molecule has 0 bridgehead atoms. The van der Waals surface area contributed by atoms with Gasteiger partial charge >= 0.3 is 0 Å². The average molecular weight is 264 g/mol. The van der Waals surface area contributed by atoms with Crippen LogP contribution in [0.3, 0.4) is 0 Å². The summed E-state index contributed by atoms with van der Waals surface area (Å²) in [4.78, 5) is 2.35. The smallest absolute Gasteiger partial charge is 0.121 e. The molecule has 1 fully saturated rings. The van der Waals surface area contributed by atoms with Gasteiger partial charge in [0.15, 0.2) is 0 Å². The van der Waals surface area contributed by atoms with E-state index in [1.165, 1.54) is 0 Å². The molecule has 1 aliphatic rings. The molecular formula is C15H24N2O2. The van der Waals surface area contributed by atoms with Gasteiger partial charge in [0.2, 0.25) is 0 Å². The third kappa shape index (κ3) is 3.13. The van der Waals surface area contributed by atoms with E-state index in [1.54, 1.807) is 14.2 Å². The zero-order valence-electron chi connectivity index (χ0n) is 12.1. The van der Waals surface area contributed by atoms with Gasteiger partial charge in [-0.15, -0.1) is 0 Å². The van der Waals surface area contributed by atoms with Gasteiger partial charge in [-0.25, -0.2) is 0 Å². The number of hydrogen-bond donors (Lipinski definition) is 1. The van der Waals surface area contributed by atoms with E-state index in [0.717, 1.165) is 49.7 Å². The maximum absolute atomic E-state index is 6.11. The summed E-state index contributed by atoms with van der Waals surface area (Å²) in [7, 11) is 3.44. The van der Waals surface area contributed by atoms with Crippen LogP contribution in [0, 0.1) is 5.41 Å². The lowest BCUT2D eigenvalue weighted by Gasteiger charge is -2.40. The first-order valence-electron chi connectivity index (χ1n) is 6.75. The Hall–Kier alpha value is -1.42. The molecule has 0 unspecified atom stereocenters. The number of piperidine rings is 1. The molecule has 0 aliphatic carbocycles. The first kappa shape index (κ1) is 14.0. The Kier molecular flexibility index (Phi) is 4.20. The van der Waals surface area contributed by atoms with E-state index >= 15 is 0 Å². The lowest BCUT2D eigenvalue weighted by Crippen LogP contribution is -2.41. The quantitative estimate of drug-likeness (QED) is 0.849. The summed E-state index contributed by atoms with van der Waals surface area (Å²) >= 11 is 0. The first-order valence-corrected chi connectivity index (χ1v) is 6.75. The number of benzene rings is 1.